The van der Waals surface area contributed by atoms with Crippen LogP contribution in [0.4, 0.5) is 19.1 Å². The minimum absolute atomic E-state index is 0.0991. The Morgan fingerprint density at radius 1 is 0.857 bits per heavy atom. The Bertz CT molecular complexity index is 1470. The molecular weight excluding hydrogens is 609 g/mol. The molecule has 19 heteroatoms. The standard InChI is InChI=1S/C21H22N6O6S2.C2HF3O2/c28-18(22-11-12-25-21-23-9-4-10-24-21)16-7-8-17(34-16)19(29)26-13-15(20(30)31)27-35(32,33)14-5-2-1-3-6-14;3-2(4,5)1(6)7/h1-10,15,27H,11-13H2,(H,22,28)(H,26,29)(H,30,31)(H,23,24,25);(H,6,7). The molecule has 2 aromatic heterocycles. The number of carboxylic acid groups (broad SMARTS) is 2. The SMILES string of the molecule is O=C(NCCNc1ncccn1)c1ccc(C(=O)NCC(NS(=O)(=O)c2ccccc2)C(=O)O)s1.O=C(O)C(F)(F)F. The van der Waals surface area contributed by atoms with E-state index in [-0.39, 0.29) is 20.6 Å². The number of halogens is 3. The van der Waals surface area contributed by atoms with Crippen molar-refractivity contribution in [3.63, 3.8) is 0 Å². The van der Waals surface area contributed by atoms with E-state index < -0.39 is 46.6 Å². The molecule has 0 saturated heterocycles. The molecule has 3 aromatic rings. The van der Waals surface area contributed by atoms with Gasteiger partial charge in [-0.1, -0.05) is 18.2 Å². The molecule has 1 atom stereocenters. The molecule has 2 amide bonds. The van der Waals surface area contributed by atoms with Crippen molar-refractivity contribution in [3.8, 4) is 0 Å². The van der Waals surface area contributed by atoms with Crippen molar-refractivity contribution in [1.82, 2.24) is 25.3 Å². The van der Waals surface area contributed by atoms with Crippen molar-refractivity contribution in [2.75, 3.05) is 25.0 Å². The topological polar surface area (TPSA) is 217 Å². The van der Waals surface area contributed by atoms with Crippen LogP contribution in [-0.2, 0) is 19.6 Å². The number of nitrogens with one attached hydrogen (secondary N) is 4. The molecule has 1 aromatic carbocycles. The van der Waals surface area contributed by atoms with Crippen molar-refractivity contribution >= 4 is 51.1 Å². The van der Waals surface area contributed by atoms with Gasteiger partial charge >= 0.3 is 18.1 Å². The normalized spacial score (nSPS) is 11.8. The summed E-state index contributed by atoms with van der Waals surface area (Å²) in [5, 5.41) is 24.5. The number of thiophene rings is 1. The fourth-order valence-corrected chi connectivity index (χ4v) is 4.78. The lowest BCUT2D eigenvalue weighted by atomic mass is 10.3. The zero-order chi connectivity index (χ0) is 31.3. The highest BCUT2D eigenvalue weighted by Gasteiger charge is 2.38. The Hall–Kier alpha value is -4.62. The van der Waals surface area contributed by atoms with E-state index in [1.807, 2.05) is 0 Å². The van der Waals surface area contributed by atoms with E-state index in [1.165, 1.54) is 36.4 Å². The Balaban J connectivity index is 0.000000782. The first kappa shape index (κ1) is 33.6. The van der Waals surface area contributed by atoms with Crippen LogP contribution in [0.15, 0.2) is 65.8 Å². The van der Waals surface area contributed by atoms with Gasteiger partial charge in [0, 0.05) is 32.0 Å². The Labute approximate surface area is 240 Å². The summed E-state index contributed by atoms with van der Waals surface area (Å²) < 4.78 is 58.6. The van der Waals surface area contributed by atoms with Crippen molar-refractivity contribution in [1.29, 1.82) is 0 Å². The van der Waals surface area contributed by atoms with Crippen LogP contribution in [0.5, 0.6) is 0 Å². The van der Waals surface area contributed by atoms with Crippen LogP contribution in [-0.4, -0.2) is 84.2 Å². The van der Waals surface area contributed by atoms with Crippen LogP contribution < -0.4 is 20.7 Å². The third kappa shape index (κ3) is 11.1. The van der Waals surface area contributed by atoms with Gasteiger partial charge in [0.05, 0.1) is 14.6 Å². The number of anilines is 1. The maximum Gasteiger partial charge on any atom is 0.490 e. The summed E-state index contributed by atoms with van der Waals surface area (Å²) in [5.74, 6) is -4.80. The zero-order valence-corrected chi connectivity index (χ0v) is 22.8. The maximum absolute atomic E-state index is 12.4. The van der Waals surface area contributed by atoms with Gasteiger partial charge in [0.1, 0.15) is 6.04 Å². The average molecular weight is 633 g/mol. The highest BCUT2D eigenvalue weighted by molar-refractivity contribution is 7.89. The minimum atomic E-state index is -5.08. The maximum atomic E-state index is 12.4. The Morgan fingerprint density at radius 2 is 1.40 bits per heavy atom. The largest absolute Gasteiger partial charge is 0.490 e. The first-order valence-electron chi connectivity index (χ1n) is 11.5. The monoisotopic (exact) mass is 632 g/mol. The average Bonchev–Trinajstić information content (AvgIpc) is 3.45. The molecule has 0 bridgehead atoms. The van der Waals surface area contributed by atoms with Crippen molar-refractivity contribution < 1.29 is 51.0 Å². The molecule has 226 valence electrons. The van der Waals surface area contributed by atoms with E-state index >= 15 is 0 Å². The van der Waals surface area contributed by atoms with Crippen LogP contribution in [0.25, 0.3) is 0 Å². The number of hydrogen-bond acceptors (Lipinski definition) is 10. The number of alkyl halides is 3. The van der Waals surface area contributed by atoms with E-state index in [1.54, 1.807) is 24.5 Å². The third-order valence-corrected chi connectivity index (χ3v) is 7.24. The van der Waals surface area contributed by atoms with E-state index in [9.17, 15) is 41.1 Å². The first-order valence-corrected chi connectivity index (χ1v) is 13.8. The molecule has 14 nitrogen and oxygen atoms in total. The lowest BCUT2D eigenvalue weighted by Crippen LogP contribution is -2.48. The van der Waals surface area contributed by atoms with E-state index in [0.29, 0.717) is 19.0 Å². The third-order valence-electron chi connectivity index (χ3n) is 4.67. The predicted molar refractivity (Wildman–Crippen MR) is 141 cm³/mol. The second-order valence-electron chi connectivity index (χ2n) is 7.76. The molecule has 0 radical (unpaired) electrons. The molecule has 0 saturated carbocycles. The second kappa shape index (κ2) is 15.4. The number of aliphatic carboxylic acids is 2. The molecular formula is C23H23F3N6O8S2. The van der Waals surface area contributed by atoms with Gasteiger partial charge in [-0.05, 0) is 30.3 Å². The molecule has 6 N–H and O–H groups in total. The number of nitrogens with zero attached hydrogens (tertiary/aromatic N) is 2. The number of benzene rings is 1. The van der Waals surface area contributed by atoms with Crippen LogP contribution >= 0.6 is 11.3 Å². The van der Waals surface area contributed by atoms with E-state index in [0.717, 1.165) is 11.3 Å². The summed E-state index contributed by atoms with van der Waals surface area (Å²) >= 11 is 0.918. The molecule has 42 heavy (non-hydrogen) atoms. The Kier molecular flexibility index (Phi) is 12.3. The fourth-order valence-electron chi connectivity index (χ4n) is 2.73. The number of aromatic nitrogens is 2. The molecule has 1 unspecified atom stereocenters. The van der Waals surface area contributed by atoms with E-state index in [2.05, 4.69) is 30.6 Å². The van der Waals surface area contributed by atoms with Gasteiger partial charge in [-0.25, -0.2) is 23.2 Å². The van der Waals surface area contributed by atoms with Crippen molar-refractivity contribution in [2.24, 2.45) is 0 Å². The number of carbonyl (C=O) groups excluding carboxylic acids is 2. The molecule has 2 heterocycles. The number of hydrogen-bond donors (Lipinski definition) is 6. The molecule has 0 aliphatic carbocycles. The van der Waals surface area contributed by atoms with Crippen LogP contribution in [0, 0.1) is 0 Å². The summed E-state index contributed by atoms with van der Waals surface area (Å²) in [6.45, 7) is 0.190. The number of amides is 2. The predicted octanol–water partition coefficient (Wildman–Crippen LogP) is 1.17. The lowest BCUT2D eigenvalue weighted by Gasteiger charge is -2.15. The molecule has 0 fully saturated rings. The number of carboxylic acids is 2. The van der Waals surface area contributed by atoms with Gasteiger partial charge in [-0.2, -0.15) is 17.9 Å². The smallest absolute Gasteiger partial charge is 0.480 e. The van der Waals surface area contributed by atoms with Gasteiger partial charge in [-0.15, -0.1) is 11.3 Å². The quantitative estimate of drug-likeness (QED) is 0.156. The second-order valence-corrected chi connectivity index (χ2v) is 10.6. The van der Waals surface area contributed by atoms with Crippen molar-refractivity contribution in [2.45, 2.75) is 17.1 Å². The van der Waals surface area contributed by atoms with Crippen LogP contribution in [0.1, 0.15) is 19.3 Å². The number of carbonyl (C=O) groups is 4. The number of sulfonamides is 1. The molecule has 0 spiro atoms. The van der Waals surface area contributed by atoms with Gasteiger partial charge in [-0.3, -0.25) is 14.4 Å². The molecule has 0 aliphatic rings. The Morgan fingerprint density at radius 3 is 1.93 bits per heavy atom. The summed E-state index contributed by atoms with van der Waals surface area (Å²) in [7, 11) is -4.10. The summed E-state index contributed by atoms with van der Waals surface area (Å²) in [6, 6.07) is 10.3. The first-order chi connectivity index (χ1) is 19.7. The van der Waals surface area contributed by atoms with Gasteiger partial charge in [0.2, 0.25) is 16.0 Å². The van der Waals surface area contributed by atoms with Crippen LogP contribution in [0.3, 0.4) is 0 Å². The number of rotatable bonds is 12. The molecule has 3 rings (SSSR count). The highest BCUT2D eigenvalue weighted by Crippen LogP contribution is 2.16. The highest BCUT2D eigenvalue weighted by atomic mass is 32.2. The summed E-state index contributed by atoms with van der Waals surface area (Å²) in [6.07, 6.45) is -1.91. The summed E-state index contributed by atoms with van der Waals surface area (Å²) in [4.78, 5) is 53.5. The molecule has 0 aliphatic heterocycles. The van der Waals surface area contributed by atoms with Gasteiger partial charge in [0.25, 0.3) is 11.8 Å². The zero-order valence-electron chi connectivity index (χ0n) is 21.2. The van der Waals surface area contributed by atoms with E-state index in [4.69, 9.17) is 9.90 Å². The minimum Gasteiger partial charge on any atom is -0.480 e. The summed E-state index contributed by atoms with van der Waals surface area (Å²) in [5.41, 5.74) is 0. The van der Waals surface area contributed by atoms with Crippen molar-refractivity contribution in [3.05, 3.63) is 70.7 Å². The fraction of sp³-hybridized carbons (Fsp3) is 0.217. The van der Waals surface area contributed by atoms with Gasteiger partial charge < -0.3 is 26.2 Å². The van der Waals surface area contributed by atoms with Crippen LogP contribution in [0.2, 0.25) is 0 Å². The lowest BCUT2D eigenvalue weighted by molar-refractivity contribution is -0.192. The van der Waals surface area contributed by atoms with Gasteiger partial charge in [0.15, 0.2) is 0 Å².